The first-order chi connectivity index (χ1) is 9.56. The second kappa shape index (κ2) is 5.02. The van der Waals surface area contributed by atoms with Crippen LogP contribution >= 0.6 is 11.6 Å². The molecule has 0 atom stereocenters. The number of hydrogen-bond acceptors (Lipinski definition) is 3. The summed E-state index contributed by atoms with van der Waals surface area (Å²) in [6.45, 7) is 1.20. The third-order valence-corrected chi connectivity index (χ3v) is 4.74. The van der Waals surface area contributed by atoms with Gasteiger partial charge in [0.1, 0.15) is 0 Å². The third kappa shape index (κ3) is 2.22. The van der Waals surface area contributed by atoms with Crippen LogP contribution < -0.4 is 0 Å². The highest BCUT2D eigenvalue weighted by molar-refractivity contribution is 6.30. The molecular weight excluding hydrogens is 280 g/mol. The Morgan fingerprint density at radius 2 is 1.60 bits per heavy atom. The van der Waals surface area contributed by atoms with Crippen molar-refractivity contribution < 1.29 is 19.4 Å². The minimum Gasteiger partial charge on any atom is -0.481 e. The molecule has 2 fully saturated rings. The molecule has 1 spiro atoms. The fourth-order valence-electron chi connectivity index (χ4n) is 3.24. The van der Waals surface area contributed by atoms with Crippen molar-refractivity contribution in [3.63, 3.8) is 0 Å². The predicted molar refractivity (Wildman–Crippen MR) is 73.9 cm³/mol. The summed E-state index contributed by atoms with van der Waals surface area (Å²) >= 11 is 5.89. The molecule has 1 aromatic rings. The number of hydrogen-bond donors (Lipinski definition) is 1. The summed E-state index contributed by atoms with van der Waals surface area (Å²) in [6.07, 6.45) is 2.26. The van der Waals surface area contributed by atoms with Gasteiger partial charge in [0.15, 0.2) is 5.79 Å². The summed E-state index contributed by atoms with van der Waals surface area (Å²) in [5.74, 6) is -1.33. The Kier molecular flexibility index (Phi) is 3.48. The monoisotopic (exact) mass is 296 g/mol. The van der Waals surface area contributed by atoms with Crippen LogP contribution in [0.25, 0.3) is 0 Å². The summed E-state index contributed by atoms with van der Waals surface area (Å²) in [6, 6.07) is 7.11. The zero-order valence-corrected chi connectivity index (χ0v) is 11.9. The molecule has 5 heteroatoms. The Balaban J connectivity index is 1.87. The zero-order chi connectivity index (χ0) is 14.2. The number of carboxylic acids is 1. The lowest BCUT2D eigenvalue weighted by Crippen LogP contribution is -2.46. The SMILES string of the molecule is O=C(O)C1(c2ccc(Cl)cc2)CCC2(CC1)OCCO2. The van der Waals surface area contributed by atoms with Crippen LogP contribution in [0, 0.1) is 0 Å². The van der Waals surface area contributed by atoms with E-state index in [2.05, 4.69) is 0 Å². The molecule has 1 saturated carbocycles. The molecule has 0 unspecified atom stereocenters. The van der Waals surface area contributed by atoms with Gasteiger partial charge in [-0.2, -0.15) is 0 Å². The summed E-state index contributed by atoms with van der Waals surface area (Å²) in [5.41, 5.74) is -0.0484. The maximum Gasteiger partial charge on any atom is 0.314 e. The lowest BCUT2D eigenvalue weighted by Gasteiger charge is -2.41. The van der Waals surface area contributed by atoms with E-state index in [4.69, 9.17) is 21.1 Å². The third-order valence-electron chi connectivity index (χ3n) is 4.49. The van der Waals surface area contributed by atoms with E-state index in [-0.39, 0.29) is 0 Å². The fourth-order valence-corrected chi connectivity index (χ4v) is 3.36. The van der Waals surface area contributed by atoms with Crippen LogP contribution in [0.3, 0.4) is 0 Å². The zero-order valence-electron chi connectivity index (χ0n) is 11.1. The number of halogens is 1. The van der Waals surface area contributed by atoms with Crippen molar-refractivity contribution in [3.8, 4) is 0 Å². The van der Waals surface area contributed by atoms with Gasteiger partial charge in [-0.25, -0.2) is 0 Å². The summed E-state index contributed by atoms with van der Waals surface area (Å²) in [7, 11) is 0. The molecule has 108 valence electrons. The first kappa shape index (κ1) is 13.9. The van der Waals surface area contributed by atoms with Gasteiger partial charge < -0.3 is 14.6 Å². The summed E-state index contributed by atoms with van der Waals surface area (Å²) in [4.78, 5) is 11.9. The van der Waals surface area contributed by atoms with Gasteiger partial charge in [-0.05, 0) is 30.5 Å². The predicted octanol–water partition coefficient (Wildman–Crippen LogP) is 2.98. The molecule has 1 N–H and O–H groups in total. The Bertz CT molecular complexity index is 495. The molecule has 1 saturated heterocycles. The number of benzene rings is 1. The Hall–Kier alpha value is -1.10. The quantitative estimate of drug-likeness (QED) is 0.911. The van der Waals surface area contributed by atoms with E-state index in [0.29, 0.717) is 43.9 Å². The van der Waals surface area contributed by atoms with E-state index in [1.807, 2.05) is 12.1 Å². The molecule has 2 aliphatic rings. The lowest BCUT2D eigenvalue weighted by atomic mass is 9.68. The Morgan fingerprint density at radius 1 is 1.05 bits per heavy atom. The number of aliphatic carboxylic acids is 1. The first-order valence-electron chi connectivity index (χ1n) is 6.84. The Morgan fingerprint density at radius 3 is 2.10 bits per heavy atom. The van der Waals surface area contributed by atoms with Crippen LogP contribution in [0.4, 0.5) is 0 Å². The molecule has 1 aliphatic heterocycles. The topological polar surface area (TPSA) is 55.8 Å². The van der Waals surface area contributed by atoms with Crippen molar-refractivity contribution in [2.24, 2.45) is 0 Å². The van der Waals surface area contributed by atoms with Crippen LogP contribution in [0.15, 0.2) is 24.3 Å². The van der Waals surface area contributed by atoms with Crippen LogP contribution in [0.2, 0.25) is 5.02 Å². The average molecular weight is 297 g/mol. The average Bonchev–Trinajstić information content (AvgIpc) is 2.89. The van der Waals surface area contributed by atoms with Gasteiger partial charge in [-0.15, -0.1) is 0 Å². The van der Waals surface area contributed by atoms with Crippen molar-refractivity contribution >= 4 is 17.6 Å². The van der Waals surface area contributed by atoms with Gasteiger partial charge in [0.25, 0.3) is 0 Å². The standard InChI is InChI=1S/C15H17ClO4/c16-12-3-1-11(2-4-12)14(13(17)18)5-7-15(8-6-14)19-9-10-20-15/h1-4H,5-10H2,(H,17,18). The van der Waals surface area contributed by atoms with Gasteiger partial charge in [-0.3, -0.25) is 4.79 Å². The minimum absolute atomic E-state index is 0.518. The fraction of sp³-hybridized carbons (Fsp3) is 0.533. The van der Waals surface area contributed by atoms with Crippen LogP contribution in [0.1, 0.15) is 31.2 Å². The van der Waals surface area contributed by atoms with Crippen LogP contribution in [0.5, 0.6) is 0 Å². The van der Waals surface area contributed by atoms with E-state index in [0.717, 1.165) is 5.56 Å². The van der Waals surface area contributed by atoms with Crippen LogP contribution in [-0.2, 0) is 19.7 Å². The maximum absolute atomic E-state index is 11.9. The van der Waals surface area contributed by atoms with Crippen molar-refractivity contribution in [2.75, 3.05) is 13.2 Å². The molecule has 3 rings (SSSR count). The molecule has 0 radical (unpaired) electrons. The second-order valence-corrected chi connectivity index (χ2v) is 5.94. The number of carbonyl (C=O) groups is 1. The van der Waals surface area contributed by atoms with E-state index in [9.17, 15) is 9.90 Å². The lowest BCUT2D eigenvalue weighted by molar-refractivity contribution is -0.189. The van der Waals surface area contributed by atoms with Gasteiger partial charge in [0, 0.05) is 17.9 Å². The number of rotatable bonds is 2. The molecule has 0 bridgehead atoms. The van der Waals surface area contributed by atoms with E-state index >= 15 is 0 Å². The van der Waals surface area contributed by atoms with Gasteiger partial charge >= 0.3 is 5.97 Å². The van der Waals surface area contributed by atoms with Crippen molar-refractivity contribution in [3.05, 3.63) is 34.9 Å². The normalized spacial score (nSPS) is 23.9. The van der Waals surface area contributed by atoms with Crippen LogP contribution in [-0.4, -0.2) is 30.1 Å². The highest BCUT2D eigenvalue weighted by atomic mass is 35.5. The molecule has 4 nitrogen and oxygen atoms in total. The Labute approximate surface area is 122 Å². The van der Waals surface area contributed by atoms with Crippen molar-refractivity contribution in [1.29, 1.82) is 0 Å². The smallest absolute Gasteiger partial charge is 0.314 e. The summed E-state index contributed by atoms with van der Waals surface area (Å²) in [5, 5.41) is 10.3. The van der Waals surface area contributed by atoms with Gasteiger partial charge in [-0.1, -0.05) is 23.7 Å². The molecule has 20 heavy (non-hydrogen) atoms. The van der Waals surface area contributed by atoms with E-state index in [1.54, 1.807) is 12.1 Å². The van der Waals surface area contributed by atoms with Crippen molar-refractivity contribution in [2.45, 2.75) is 36.9 Å². The molecule has 1 aromatic carbocycles. The largest absolute Gasteiger partial charge is 0.481 e. The highest BCUT2D eigenvalue weighted by Gasteiger charge is 2.50. The number of ether oxygens (including phenoxy) is 2. The van der Waals surface area contributed by atoms with E-state index < -0.39 is 17.2 Å². The summed E-state index contributed by atoms with van der Waals surface area (Å²) < 4.78 is 11.3. The number of carboxylic acid groups (broad SMARTS) is 1. The van der Waals surface area contributed by atoms with Crippen molar-refractivity contribution in [1.82, 2.24) is 0 Å². The molecule has 0 aromatic heterocycles. The van der Waals surface area contributed by atoms with E-state index in [1.165, 1.54) is 0 Å². The molecular formula is C15H17ClO4. The molecule has 0 amide bonds. The van der Waals surface area contributed by atoms with Gasteiger partial charge in [0.2, 0.25) is 0 Å². The maximum atomic E-state index is 11.9. The van der Waals surface area contributed by atoms with Gasteiger partial charge in [0.05, 0.1) is 18.6 Å². The second-order valence-electron chi connectivity index (χ2n) is 5.50. The molecule has 1 heterocycles. The molecule has 1 aliphatic carbocycles. The first-order valence-corrected chi connectivity index (χ1v) is 7.22. The minimum atomic E-state index is -0.856. The highest BCUT2D eigenvalue weighted by Crippen LogP contribution is 2.46.